The minimum Gasteiger partial charge on any atom is -0.469 e. The number of amides is 1. The molecule has 0 aliphatic rings. The van der Waals surface area contributed by atoms with Crippen molar-refractivity contribution >= 4 is 11.9 Å². The molecule has 6 nitrogen and oxygen atoms in total. The first-order valence-corrected chi connectivity index (χ1v) is 9.29. The average molecular weight is 388 g/mol. The Labute approximate surface area is 165 Å². The van der Waals surface area contributed by atoms with Crippen LogP contribution in [0.25, 0.3) is 0 Å². The maximum atomic E-state index is 13.6. The average Bonchev–Trinajstić information content (AvgIpc) is 3.16. The summed E-state index contributed by atoms with van der Waals surface area (Å²) >= 11 is 0. The van der Waals surface area contributed by atoms with Crippen LogP contribution in [0, 0.1) is 5.82 Å². The van der Waals surface area contributed by atoms with Gasteiger partial charge in [0.25, 0.3) is 0 Å². The van der Waals surface area contributed by atoms with Crippen LogP contribution in [0.3, 0.4) is 0 Å². The van der Waals surface area contributed by atoms with Crippen molar-refractivity contribution in [2.75, 3.05) is 33.7 Å². The maximum absolute atomic E-state index is 13.6. The van der Waals surface area contributed by atoms with Crippen LogP contribution in [0.1, 0.15) is 25.2 Å². The predicted octanol–water partition coefficient (Wildman–Crippen LogP) is 2.56. The van der Waals surface area contributed by atoms with Crippen molar-refractivity contribution < 1.29 is 13.6 Å². The second-order valence-electron chi connectivity index (χ2n) is 7.46. The van der Waals surface area contributed by atoms with Crippen LogP contribution < -0.4 is 10.6 Å². The van der Waals surface area contributed by atoms with Gasteiger partial charge in [0.1, 0.15) is 18.1 Å². The summed E-state index contributed by atoms with van der Waals surface area (Å²) in [5, 5.41) is 6.49. The number of likely N-dealkylation sites (N-methyl/N-ethyl adjacent to an activating group) is 1. The molecule has 28 heavy (non-hydrogen) atoms. The molecule has 1 heterocycles. The van der Waals surface area contributed by atoms with Crippen molar-refractivity contribution in [3.8, 4) is 0 Å². The van der Waals surface area contributed by atoms with E-state index < -0.39 is 0 Å². The summed E-state index contributed by atoms with van der Waals surface area (Å²) < 4.78 is 18.9. The summed E-state index contributed by atoms with van der Waals surface area (Å²) in [6.07, 6.45) is 2.34. The van der Waals surface area contributed by atoms with Gasteiger partial charge in [-0.1, -0.05) is 26.0 Å². The number of rotatable bonds is 8. The summed E-state index contributed by atoms with van der Waals surface area (Å²) in [5.74, 6) is 1.06. The largest absolute Gasteiger partial charge is 0.469 e. The van der Waals surface area contributed by atoms with E-state index >= 15 is 0 Å². The fourth-order valence-electron chi connectivity index (χ4n) is 2.54. The highest BCUT2D eigenvalue weighted by Crippen LogP contribution is 2.22. The highest BCUT2D eigenvalue weighted by Gasteiger charge is 2.21. The number of furan rings is 1. The topological polar surface area (TPSA) is 69.9 Å². The molecule has 152 valence electrons. The Morgan fingerprint density at radius 1 is 1.21 bits per heavy atom. The Kier molecular flexibility index (Phi) is 7.61. The van der Waals surface area contributed by atoms with E-state index in [9.17, 15) is 9.18 Å². The number of benzene rings is 1. The zero-order valence-electron chi connectivity index (χ0n) is 17.0. The van der Waals surface area contributed by atoms with Gasteiger partial charge in [-0.2, -0.15) is 0 Å². The molecule has 0 unspecified atom stereocenters. The van der Waals surface area contributed by atoms with Gasteiger partial charge in [0.2, 0.25) is 5.91 Å². The molecular weight excluding hydrogens is 359 g/mol. The molecule has 0 saturated heterocycles. The quantitative estimate of drug-likeness (QED) is 0.539. The van der Waals surface area contributed by atoms with Crippen LogP contribution in [0.15, 0.2) is 52.1 Å². The maximum Gasteiger partial charge on any atom is 0.243 e. The Hall–Kier alpha value is -2.83. The number of nitrogens with zero attached hydrogens (tertiary/aromatic N) is 2. The van der Waals surface area contributed by atoms with Crippen molar-refractivity contribution in [3.63, 3.8) is 0 Å². The molecule has 0 radical (unpaired) electrons. The Balaban J connectivity index is 2.00. The fourth-order valence-corrected chi connectivity index (χ4v) is 2.54. The molecule has 2 aromatic rings. The van der Waals surface area contributed by atoms with Crippen molar-refractivity contribution in [3.05, 3.63) is 59.8 Å². The number of nitrogens with one attached hydrogen (secondary N) is 2. The number of carbonyl (C=O) groups is 1. The normalized spacial score (nSPS) is 12.0. The lowest BCUT2D eigenvalue weighted by atomic mass is 9.84. The standard InChI is InChI=1S/C21H29FN4O2/c1-21(2,16-7-5-8-17(22)13-16)15-25-20(24-14-19(27)26(3)4)23-11-10-18-9-6-12-28-18/h5-9,12-13H,10-11,14-15H2,1-4H3,(H2,23,24,25). The number of aliphatic imine (C=N–C) groups is 1. The Morgan fingerprint density at radius 3 is 2.64 bits per heavy atom. The third-order valence-corrected chi connectivity index (χ3v) is 4.42. The number of hydrogen-bond acceptors (Lipinski definition) is 3. The molecule has 0 spiro atoms. The molecular formula is C21H29FN4O2. The third-order valence-electron chi connectivity index (χ3n) is 4.42. The smallest absolute Gasteiger partial charge is 0.243 e. The monoisotopic (exact) mass is 388 g/mol. The molecule has 0 fully saturated rings. The number of hydrogen-bond donors (Lipinski definition) is 2. The van der Waals surface area contributed by atoms with Crippen molar-refractivity contribution in [1.82, 2.24) is 15.5 Å². The minimum atomic E-state index is -0.322. The lowest BCUT2D eigenvalue weighted by Crippen LogP contribution is -2.44. The van der Waals surface area contributed by atoms with E-state index in [4.69, 9.17) is 4.42 Å². The molecule has 1 amide bonds. The fraction of sp³-hybridized carbons (Fsp3) is 0.429. The van der Waals surface area contributed by atoms with E-state index in [0.717, 1.165) is 11.3 Å². The Bertz CT molecular complexity index is 785. The van der Waals surface area contributed by atoms with Crippen LogP contribution in [-0.4, -0.2) is 50.5 Å². The zero-order valence-corrected chi connectivity index (χ0v) is 17.0. The molecule has 1 aromatic carbocycles. The lowest BCUT2D eigenvalue weighted by Gasteiger charge is -2.27. The number of halogens is 1. The summed E-state index contributed by atoms with van der Waals surface area (Å²) in [6.45, 7) is 5.24. The van der Waals surface area contributed by atoms with Gasteiger partial charge in [-0.25, -0.2) is 9.38 Å². The molecule has 0 bridgehead atoms. The van der Waals surface area contributed by atoms with Crippen molar-refractivity contribution in [2.24, 2.45) is 4.99 Å². The van der Waals surface area contributed by atoms with E-state index in [2.05, 4.69) is 15.6 Å². The molecule has 0 aliphatic heterocycles. The molecule has 2 rings (SSSR count). The molecule has 0 saturated carbocycles. The first-order valence-electron chi connectivity index (χ1n) is 9.29. The van der Waals surface area contributed by atoms with Crippen LogP contribution in [-0.2, 0) is 16.6 Å². The second kappa shape index (κ2) is 9.92. The van der Waals surface area contributed by atoms with E-state index in [1.807, 2.05) is 32.0 Å². The summed E-state index contributed by atoms with van der Waals surface area (Å²) in [6, 6.07) is 10.3. The van der Waals surface area contributed by atoms with Crippen LogP contribution in [0.4, 0.5) is 4.39 Å². The first-order chi connectivity index (χ1) is 13.3. The van der Waals surface area contributed by atoms with Gasteiger partial charge in [-0.3, -0.25) is 4.79 Å². The van der Waals surface area contributed by atoms with E-state index in [-0.39, 0.29) is 23.7 Å². The summed E-state index contributed by atoms with van der Waals surface area (Å²) in [5.41, 5.74) is 0.566. The van der Waals surface area contributed by atoms with Gasteiger partial charge in [-0.05, 0) is 29.8 Å². The molecule has 0 aliphatic carbocycles. The Morgan fingerprint density at radius 2 is 2.00 bits per heavy atom. The third kappa shape index (κ3) is 6.72. The number of guanidine groups is 1. The highest BCUT2D eigenvalue weighted by molar-refractivity contribution is 5.84. The predicted molar refractivity (Wildman–Crippen MR) is 109 cm³/mol. The number of carbonyl (C=O) groups excluding carboxylic acids is 1. The zero-order chi connectivity index (χ0) is 20.6. The van der Waals surface area contributed by atoms with Gasteiger partial charge in [0.05, 0.1) is 6.26 Å². The summed E-state index contributed by atoms with van der Waals surface area (Å²) in [7, 11) is 3.39. The van der Waals surface area contributed by atoms with E-state index in [1.54, 1.807) is 32.5 Å². The molecule has 2 N–H and O–H groups in total. The first kappa shape index (κ1) is 21.5. The van der Waals surface area contributed by atoms with Crippen molar-refractivity contribution in [1.29, 1.82) is 0 Å². The van der Waals surface area contributed by atoms with Gasteiger partial charge < -0.3 is 20.0 Å². The summed E-state index contributed by atoms with van der Waals surface area (Å²) in [4.78, 5) is 17.8. The molecule has 0 atom stereocenters. The molecule has 7 heteroatoms. The molecule has 1 aromatic heterocycles. The van der Waals surface area contributed by atoms with Gasteiger partial charge in [0, 0.05) is 39.0 Å². The minimum absolute atomic E-state index is 0.0451. The lowest BCUT2D eigenvalue weighted by molar-refractivity contribution is -0.127. The van der Waals surface area contributed by atoms with E-state index in [0.29, 0.717) is 25.5 Å². The second-order valence-corrected chi connectivity index (χ2v) is 7.46. The SMILES string of the molecule is CN(C)C(=O)CN=C(NCCc1ccco1)NCC(C)(C)c1cccc(F)c1. The van der Waals surface area contributed by atoms with Crippen LogP contribution >= 0.6 is 0 Å². The van der Waals surface area contributed by atoms with Crippen molar-refractivity contribution in [2.45, 2.75) is 25.7 Å². The van der Waals surface area contributed by atoms with Gasteiger partial charge in [-0.15, -0.1) is 0 Å². The van der Waals surface area contributed by atoms with Crippen LogP contribution in [0.2, 0.25) is 0 Å². The highest BCUT2D eigenvalue weighted by atomic mass is 19.1. The van der Waals surface area contributed by atoms with Gasteiger partial charge in [0.15, 0.2) is 5.96 Å². The van der Waals surface area contributed by atoms with Gasteiger partial charge >= 0.3 is 0 Å². The van der Waals surface area contributed by atoms with E-state index in [1.165, 1.54) is 11.0 Å². The van der Waals surface area contributed by atoms with Crippen LogP contribution in [0.5, 0.6) is 0 Å².